The Morgan fingerprint density at radius 3 is 2.85 bits per heavy atom. The predicted octanol–water partition coefficient (Wildman–Crippen LogP) is 4.07. The van der Waals surface area contributed by atoms with E-state index < -0.39 is 11.8 Å². The average molecular weight is 482 g/mol. The first kappa shape index (κ1) is 22.2. The molecule has 2 unspecified atom stereocenters. The lowest BCUT2D eigenvalue weighted by molar-refractivity contribution is 0.0695. The van der Waals surface area contributed by atoms with E-state index in [4.69, 9.17) is 16.3 Å². The number of aryl methyl sites for hydroxylation is 1. The van der Waals surface area contributed by atoms with Gasteiger partial charge in [0.05, 0.1) is 29.8 Å². The minimum atomic E-state index is -1.04. The van der Waals surface area contributed by atoms with Gasteiger partial charge in [0.2, 0.25) is 0 Å². The third-order valence-electron chi connectivity index (χ3n) is 5.99. The van der Waals surface area contributed by atoms with Crippen LogP contribution in [0.5, 0.6) is 5.75 Å². The van der Waals surface area contributed by atoms with Gasteiger partial charge in [0.25, 0.3) is 6.02 Å². The number of aromatic nitrogens is 1. The normalized spacial score (nSPS) is 19.2. The maximum atomic E-state index is 15.1. The fraction of sp³-hybridized carbons (Fsp3) is 0.200. The fourth-order valence-corrected chi connectivity index (χ4v) is 4.56. The van der Waals surface area contributed by atoms with Crippen molar-refractivity contribution in [2.24, 2.45) is 4.99 Å². The Hall–Kier alpha value is -3.62. The summed E-state index contributed by atoms with van der Waals surface area (Å²) in [6.07, 6.45) is 5.37. The molecule has 174 valence electrons. The number of rotatable bonds is 5. The highest BCUT2D eigenvalue weighted by atomic mass is 35.5. The number of hydrogen-bond acceptors (Lipinski definition) is 5. The number of fused-ring (bicyclic) bond motifs is 2. The monoisotopic (exact) mass is 481 g/mol. The molecule has 0 saturated carbocycles. The van der Waals surface area contributed by atoms with Gasteiger partial charge in [-0.05, 0) is 55.0 Å². The van der Waals surface area contributed by atoms with Crippen LogP contribution in [0.2, 0.25) is 0 Å². The second-order valence-electron chi connectivity index (χ2n) is 8.20. The Bertz CT molecular complexity index is 1410. The van der Waals surface area contributed by atoms with Gasteiger partial charge in [0.1, 0.15) is 11.6 Å². The SMILES string of the molecule is Cc1ccc(OC2=NC3C=C(c4cc5ccn(CCO)c5cc4F)C(Cl)=CC3N2)cc1C(=O)O. The summed E-state index contributed by atoms with van der Waals surface area (Å²) in [5.41, 5.74) is 2.37. The lowest BCUT2D eigenvalue weighted by atomic mass is 9.93. The highest BCUT2D eigenvalue weighted by Crippen LogP contribution is 2.36. The van der Waals surface area contributed by atoms with E-state index in [1.807, 2.05) is 12.3 Å². The van der Waals surface area contributed by atoms with E-state index in [-0.39, 0.29) is 30.3 Å². The number of carbonyl (C=O) groups is 1. The van der Waals surface area contributed by atoms with E-state index in [9.17, 15) is 15.0 Å². The van der Waals surface area contributed by atoms with Gasteiger partial charge in [-0.25, -0.2) is 14.2 Å². The number of hydrogen-bond donors (Lipinski definition) is 3. The minimum Gasteiger partial charge on any atom is -0.478 e. The molecule has 1 aliphatic carbocycles. The van der Waals surface area contributed by atoms with E-state index in [0.717, 1.165) is 5.39 Å². The van der Waals surface area contributed by atoms with E-state index in [2.05, 4.69) is 10.3 Å². The number of aliphatic imine (C=N–C) groups is 1. The van der Waals surface area contributed by atoms with Crippen LogP contribution in [0.25, 0.3) is 16.5 Å². The van der Waals surface area contributed by atoms with E-state index in [1.165, 1.54) is 12.1 Å². The van der Waals surface area contributed by atoms with Gasteiger partial charge in [0, 0.05) is 34.3 Å². The molecule has 3 aromatic rings. The zero-order valence-electron chi connectivity index (χ0n) is 18.1. The van der Waals surface area contributed by atoms with Crippen LogP contribution in [0.4, 0.5) is 4.39 Å². The molecule has 2 aromatic carbocycles. The van der Waals surface area contributed by atoms with Crippen LogP contribution in [0.3, 0.4) is 0 Å². The number of allylic oxidation sites excluding steroid dienone is 2. The largest absolute Gasteiger partial charge is 0.478 e. The third-order valence-corrected chi connectivity index (χ3v) is 6.32. The number of carboxylic acids is 1. The zero-order valence-corrected chi connectivity index (χ0v) is 18.9. The minimum absolute atomic E-state index is 0.0362. The summed E-state index contributed by atoms with van der Waals surface area (Å²) in [6.45, 7) is 2.06. The molecule has 1 aromatic heterocycles. The summed E-state index contributed by atoms with van der Waals surface area (Å²) in [7, 11) is 0. The second-order valence-corrected chi connectivity index (χ2v) is 8.60. The topological polar surface area (TPSA) is 96.1 Å². The molecule has 3 N–H and O–H groups in total. The van der Waals surface area contributed by atoms with Crippen LogP contribution in [0, 0.1) is 12.7 Å². The molecule has 2 aliphatic rings. The van der Waals surface area contributed by atoms with Crippen molar-refractivity contribution in [3.05, 3.63) is 82.3 Å². The molecule has 0 spiro atoms. The van der Waals surface area contributed by atoms with Crippen molar-refractivity contribution in [2.75, 3.05) is 6.61 Å². The number of amidine groups is 1. The smallest absolute Gasteiger partial charge is 0.336 e. The van der Waals surface area contributed by atoms with Crippen molar-refractivity contribution in [2.45, 2.75) is 25.6 Å². The van der Waals surface area contributed by atoms with Crippen molar-refractivity contribution < 1.29 is 24.1 Å². The molecule has 5 rings (SSSR count). The van der Waals surface area contributed by atoms with Crippen LogP contribution in [-0.2, 0) is 6.54 Å². The Labute approximate surface area is 199 Å². The zero-order chi connectivity index (χ0) is 24.0. The van der Waals surface area contributed by atoms with Crippen molar-refractivity contribution >= 4 is 40.1 Å². The van der Waals surface area contributed by atoms with Gasteiger partial charge in [-0.3, -0.25) is 0 Å². The third kappa shape index (κ3) is 3.95. The molecule has 0 saturated heterocycles. The quantitative estimate of drug-likeness (QED) is 0.510. The van der Waals surface area contributed by atoms with E-state index >= 15 is 4.39 Å². The second kappa shape index (κ2) is 8.62. The summed E-state index contributed by atoms with van der Waals surface area (Å²) in [4.78, 5) is 15.9. The molecule has 2 heterocycles. The molecule has 9 heteroatoms. The van der Waals surface area contributed by atoms with Crippen LogP contribution >= 0.6 is 11.6 Å². The Morgan fingerprint density at radius 2 is 2.09 bits per heavy atom. The highest BCUT2D eigenvalue weighted by molar-refractivity contribution is 6.37. The first-order valence-electron chi connectivity index (χ1n) is 10.7. The number of carboxylic acid groups (broad SMARTS) is 1. The van der Waals surface area contributed by atoms with Crippen molar-refractivity contribution in [3.8, 4) is 5.75 Å². The van der Waals surface area contributed by atoms with Gasteiger partial charge >= 0.3 is 5.97 Å². The lowest BCUT2D eigenvalue weighted by Gasteiger charge is -2.21. The standard InChI is InChI=1S/C25H21ClFN3O4/c1-13-2-3-15(9-16(13)24(32)33)34-25-28-21-10-17(19(26)11-22(21)29-25)18-8-14-4-5-30(6-7-31)23(14)12-20(18)27/h2-5,8-12,21-22,31H,6-7H2,1H3,(H,28,29)(H,32,33). The first-order valence-corrected chi connectivity index (χ1v) is 11.1. The summed E-state index contributed by atoms with van der Waals surface area (Å²) < 4.78 is 22.7. The Balaban J connectivity index is 1.44. The van der Waals surface area contributed by atoms with Gasteiger partial charge in [-0.2, -0.15) is 0 Å². The number of benzene rings is 2. The molecule has 1 aliphatic heterocycles. The fourth-order valence-electron chi connectivity index (χ4n) is 4.26. The summed E-state index contributed by atoms with van der Waals surface area (Å²) in [5, 5.41) is 22.9. The molecule has 0 fully saturated rings. The molecule has 7 nitrogen and oxygen atoms in total. The van der Waals surface area contributed by atoms with E-state index in [1.54, 1.807) is 41.8 Å². The van der Waals surface area contributed by atoms with Gasteiger partial charge in [-0.15, -0.1) is 0 Å². The molecular formula is C25H21ClFN3O4. The number of halogens is 2. The maximum Gasteiger partial charge on any atom is 0.336 e. The number of aliphatic hydroxyl groups excluding tert-OH is 1. The molecular weight excluding hydrogens is 461 g/mol. The molecule has 0 amide bonds. The molecule has 34 heavy (non-hydrogen) atoms. The van der Waals surface area contributed by atoms with Gasteiger partial charge in [-0.1, -0.05) is 17.7 Å². The lowest BCUT2D eigenvalue weighted by Crippen LogP contribution is -2.35. The van der Waals surface area contributed by atoms with Crippen LogP contribution in [0.1, 0.15) is 21.5 Å². The number of aliphatic hydroxyl groups is 1. The van der Waals surface area contributed by atoms with Crippen molar-refractivity contribution in [1.29, 1.82) is 0 Å². The van der Waals surface area contributed by atoms with Crippen molar-refractivity contribution in [3.63, 3.8) is 0 Å². The van der Waals surface area contributed by atoms with Crippen molar-refractivity contribution in [1.82, 2.24) is 9.88 Å². The Kier molecular flexibility index (Phi) is 5.63. The van der Waals surface area contributed by atoms with Gasteiger partial charge in [0.15, 0.2) is 0 Å². The van der Waals surface area contributed by atoms with Crippen LogP contribution < -0.4 is 10.1 Å². The first-order chi connectivity index (χ1) is 16.3. The molecule has 0 bridgehead atoms. The number of ether oxygens (including phenoxy) is 1. The highest BCUT2D eigenvalue weighted by Gasteiger charge is 2.32. The van der Waals surface area contributed by atoms with Crippen LogP contribution in [0.15, 0.2) is 64.8 Å². The Morgan fingerprint density at radius 1 is 1.26 bits per heavy atom. The number of aromatic carboxylic acids is 1. The maximum absolute atomic E-state index is 15.1. The predicted molar refractivity (Wildman–Crippen MR) is 128 cm³/mol. The van der Waals surface area contributed by atoms with Gasteiger partial charge < -0.3 is 24.8 Å². The van der Waals surface area contributed by atoms with Crippen LogP contribution in [-0.4, -0.2) is 45.5 Å². The molecule has 0 radical (unpaired) electrons. The number of nitrogens with zero attached hydrogens (tertiary/aromatic N) is 2. The summed E-state index contributed by atoms with van der Waals surface area (Å²) >= 11 is 6.53. The average Bonchev–Trinajstić information content (AvgIpc) is 3.36. The summed E-state index contributed by atoms with van der Waals surface area (Å²) in [6, 6.07) is 9.43. The summed E-state index contributed by atoms with van der Waals surface area (Å²) in [5.74, 6) is -1.11. The molecule has 2 atom stereocenters. The number of nitrogens with one attached hydrogen (secondary N) is 1. The van der Waals surface area contributed by atoms with E-state index in [0.29, 0.717) is 39.5 Å².